The molecule has 1 nitrogen and oxygen atoms in total. The molecule has 1 aliphatic heterocycles. The smallest absolute Gasteiger partial charge is 0.266 e. The summed E-state index contributed by atoms with van der Waals surface area (Å²) in [6.07, 6.45) is 16.2. The number of halogens is 2. The van der Waals surface area contributed by atoms with Gasteiger partial charge in [0.2, 0.25) is 0 Å². The number of hydrogen-bond acceptors (Lipinski definition) is 1. The molecule has 1 rings (SSSR count). The molecule has 0 aromatic rings. The lowest BCUT2D eigenvalue weighted by atomic mass is 9.63. The molecule has 0 aromatic carbocycles. The van der Waals surface area contributed by atoms with Crippen LogP contribution in [0.25, 0.3) is 0 Å². The highest BCUT2D eigenvalue weighted by atomic mass is 19.3. The molecule has 1 saturated heterocycles. The first-order valence-corrected chi connectivity index (χ1v) is 11.6. The van der Waals surface area contributed by atoms with Gasteiger partial charge in [-0.1, -0.05) is 72.1 Å². The second-order valence-corrected chi connectivity index (χ2v) is 8.93. The second-order valence-electron chi connectivity index (χ2n) is 8.93. The summed E-state index contributed by atoms with van der Waals surface area (Å²) in [5, 5.41) is 0. The third-order valence-electron chi connectivity index (χ3n) is 6.65. The Labute approximate surface area is 167 Å². The summed E-state index contributed by atoms with van der Waals surface area (Å²) >= 11 is 0. The van der Waals surface area contributed by atoms with Gasteiger partial charge in [0.25, 0.3) is 6.08 Å². The van der Waals surface area contributed by atoms with Crippen LogP contribution in [0.1, 0.15) is 111 Å². The summed E-state index contributed by atoms with van der Waals surface area (Å²) in [5.74, 6) is 1.23. The van der Waals surface area contributed by atoms with Crippen LogP contribution >= 0.6 is 0 Å². The minimum atomic E-state index is -1.53. The Morgan fingerprint density at radius 3 is 2.22 bits per heavy atom. The van der Waals surface area contributed by atoms with Gasteiger partial charge in [-0.05, 0) is 61.9 Å². The van der Waals surface area contributed by atoms with E-state index in [4.69, 9.17) is 4.74 Å². The fourth-order valence-corrected chi connectivity index (χ4v) is 4.98. The molecule has 1 heterocycles. The van der Waals surface area contributed by atoms with Gasteiger partial charge in [-0.25, -0.2) is 0 Å². The van der Waals surface area contributed by atoms with Gasteiger partial charge in [0, 0.05) is 13.2 Å². The van der Waals surface area contributed by atoms with Gasteiger partial charge in [-0.2, -0.15) is 8.78 Å². The van der Waals surface area contributed by atoms with Crippen LogP contribution in [0.5, 0.6) is 0 Å². The average Bonchev–Trinajstić information content (AvgIpc) is 3.15. The van der Waals surface area contributed by atoms with Crippen molar-refractivity contribution < 1.29 is 13.5 Å². The first kappa shape index (κ1) is 24.6. The number of ether oxygens (including phenoxy) is 1. The lowest BCUT2D eigenvalue weighted by molar-refractivity contribution is 0.0678. The molecular formula is C24H44F2O. The molecule has 0 N–H and O–H groups in total. The van der Waals surface area contributed by atoms with E-state index in [1.807, 2.05) is 0 Å². The van der Waals surface area contributed by atoms with Crippen molar-refractivity contribution in [1.29, 1.82) is 0 Å². The zero-order chi connectivity index (χ0) is 20.0. The summed E-state index contributed by atoms with van der Waals surface area (Å²) < 4.78 is 30.5. The summed E-state index contributed by atoms with van der Waals surface area (Å²) in [5.41, 5.74) is 0.331. The van der Waals surface area contributed by atoms with Gasteiger partial charge in [0.05, 0.1) is 0 Å². The van der Waals surface area contributed by atoms with Gasteiger partial charge in [0.15, 0.2) is 0 Å². The summed E-state index contributed by atoms with van der Waals surface area (Å²) in [7, 11) is 0. The van der Waals surface area contributed by atoms with E-state index in [2.05, 4.69) is 20.8 Å². The first-order valence-electron chi connectivity index (χ1n) is 11.6. The molecule has 0 bridgehead atoms. The van der Waals surface area contributed by atoms with E-state index in [0.29, 0.717) is 23.7 Å². The van der Waals surface area contributed by atoms with Gasteiger partial charge in [-0.15, -0.1) is 0 Å². The highest BCUT2D eigenvalue weighted by molar-refractivity contribution is 4.89. The molecule has 3 atom stereocenters. The van der Waals surface area contributed by atoms with Crippen molar-refractivity contribution in [1.82, 2.24) is 0 Å². The molecule has 0 spiro atoms. The fourth-order valence-electron chi connectivity index (χ4n) is 4.98. The minimum Gasteiger partial charge on any atom is -0.381 e. The molecule has 3 heteroatoms. The van der Waals surface area contributed by atoms with Crippen LogP contribution in [0.2, 0.25) is 0 Å². The molecule has 27 heavy (non-hydrogen) atoms. The standard InChI is InChI=1S/C24H44F2O/c1-4-6-8-9-13-18-24(3,17-12-7-5-2)22(21-16-19-27-20-21)14-10-11-15-23(25)26/h15,21-22H,4-14,16-20H2,1-3H3. The second kappa shape index (κ2) is 14.5. The maximum absolute atomic E-state index is 12.4. The summed E-state index contributed by atoms with van der Waals surface area (Å²) in [6, 6.07) is 0. The Kier molecular flexibility index (Phi) is 13.2. The predicted molar refractivity (Wildman–Crippen MR) is 112 cm³/mol. The Bertz CT molecular complexity index is 386. The topological polar surface area (TPSA) is 9.23 Å². The van der Waals surface area contributed by atoms with Crippen molar-refractivity contribution in [2.75, 3.05) is 13.2 Å². The fraction of sp³-hybridized carbons (Fsp3) is 0.917. The van der Waals surface area contributed by atoms with Crippen LogP contribution in [0, 0.1) is 17.3 Å². The van der Waals surface area contributed by atoms with E-state index in [-0.39, 0.29) is 0 Å². The number of hydrogen-bond donors (Lipinski definition) is 0. The number of rotatable bonds is 16. The zero-order valence-corrected chi connectivity index (χ0v) is 18.2. The number of allylic oxidation sites excluding steroid dienone is 1. The number of unbranched alkanes of at least 4 members (excludes halogenated alkanes) is 7. The quantitative estimate of drug-likeness (QED) is 0.241. The highest BCUT2D eigenvalue weighted by Gasteiger charge is 2.39. The van der Waals surface area contributed by atoms with Gasteiger partial charge < -0.3 is 4.74 Å². The molecule has 0 aliphatic carbocycles. The monoisotopic (exact) mass is 386 g/mol. The van der Waals surface area contributed by atoms with Gasteiger partial charge in [-0.3, -0.25) is 0 Å². The lowest BCUT2D eigenvalue weighted by Gasteiger charge is -2.42. The van der Waals surface area contributed by atoms with Crippen molar-refractivity contribution in [3.63, 3.8) is 0 Å². The maximum Gasteiger partial charge on any atom is 0.266 e. The van der Waals surface area contributed by atoms with Crippen LogP contribution < -0.4 is 0 Å². The van der Waals surface area contributed by atoms with E-state index in [9.17, 15) is 8.78 Å². The molecule has 0 aromatic heterocycles. The highest BCUT2D eigenvalue weighted by Crippen LogP contribution is 2.47. The third-order valence-corrected chi connectivity index (χ3v) is 6.65. The molecule has 0 radical (unpaired) electrons. The molecule has 3 unspecified atom stereocenters. The van der Waals surface area contributed by atoms with Crippen molar-refractivity contribution >= 4 is 0 Å². The molecule has 1 aliphatic rings. The largest absolute Gasteiger partial charge is 0.381 e. The van der Waals surface area contributed by atoms with Gasteiger partial charge in [0.1, 0.15) is 0 Å². The maximum atomic E-state index is 12.4. The van der Waals surface area contributed by atoms with Crippen molar-refractivity contribution in [3.05, 3.63) is 12.2 Å². The molecular weight excluding hydrogens is 342 g/mol. The van der Waals surface area contributed by atoms with E-state index in [1.54, 1.807) is 0 Å². The van der Waals surface area contributed by atoms with Crippen LogP contribution in [0.4, 0.5) is 8.78 Å². The van der Waals surface area contributed by atoms with Crippen LogP contribution in [0.15, 0.2) is 12.2 Å². The van der Waals surface area contributed by atoms with E-state index >= 15 is 0 Å². The van der Waals surface area contributed by atoms with Gasteiger partial charge >= 0.3 is 0 Å². The Morgan fingerprint density at radius 1 is 1.00 bits per heavy atom. The zero-order valence-electron chi connectivity index (χ0n) is 18.2. The Balaban J connectivity index is 2.74. The molecule has 0 saturated carbocycles. The Hall–Kier alpha value is -0.440. The Morgan fingerprint density at radius 2 is 1.63 bits per heavy atom. The SMILES string of the molecule is CCCCCCCC(C)(CCCCC)C(CCCC=C(F)F)C1CCOC1. The van der Waals surface area contributed by atoms with Crippen LogP contribution in [0.3, 0.4) is 0 Å². The van der Waals surface area contributed by atoms with Crippen LogP contribution in [-0.2, 0) is 4.74 Å². The van der Waals surface area contributed by atoms with E-state index in [1.165, 1.54) is 64.2 Å². The van der Waals surface area contributed by atoms with E-state index in [0.717, 1.165) is 38.6 Å². The average molecular weight is 387 g/mol. The predicted octanol–water partition coefficient (Wildman–Crippen LogP) is 8.54. The summed E-state index contributed by atoms with van der Waals surface area (Å²) in [6.45, 7) is 8.78. The lowest BCUT2D eigenvalue weighted by Crippen LogP contribution is -2.34. The third kappa shape index (κ3) is 10.1. The minimum absolute atomic E-state index is 0.331. The molecule has 1 fully saturated rings. The summed E-state index contributed by atoms with van der Waals surface area (Å²) in [4.78, 5) is 0. The van der Waals surface area contributed by atoms with Crippen molar-refractivity contribution in [2.24, 2.45) is 17.3 Å². The van der Waals surface area contributed by atoms with Crippen molar-refractivity contribution in [2.45, 2.75) is 111 Å². The first-order chi connectivity index (χ1) is 13.0. The molecule has 160 valence electrons. The van der Waals surface area contributed by atoms with E-state index < -0.39 is 6.08 Å². The van der Waals surface area contributed by atoms with Crippen LogP contribution in [-0.4, -0.2) is 13.2 Å². The normalized spacial score (nSPS) is 20.4. The van der Waals surface area contributed by atoms with Crippen molar-refractivity contribution in [3.8, 4) is 0 Å². The molecule has 0 amide bonds.